The molecule has 0 radical (unpaired) electrons. The molecule has 0 saturated heterocycles. The van der Waals surface area contributed by atoms with E-state index in [9.17, 15) is 18.0 Å². The maximum atomic E-state index is 12.5. The molecule has 0 aromatic heterocycles. The number of nitrogens with zero attached hydrogens (tertiary/aromatic N) is 1. The molecule has 0 saturated carbocycles. The molecule has 1 amide bonds. The average molecular weight is 368 g/mol. The van der Waals surface area contributed by atoms with Crippen LogP contribution in [-0.2, 0) is 17.5 Å². The van der Waals surface area contributed by atoms with Crippen LogP contribution in [0.5, 0.6) is 0 Å². The van der Waals surface area contributed by atoms with Crippen LogP contribution in [0.4, 0.5) is 18.9 Å². The van der Waals surface area contributed by atoms with Gasteiger partial charge in [-0.25, -0.2) is 0 Å². The van der Waals surface area contributed by atoms with Gasteiger partial charge >= 0.3 is 6.18 Å². The highest BCUT2D eigenvalue weighted by Gasteiger charge is 2.29. The van der Waals surface area contributed by atoms with Crippen LogP contribution in [0.25, 0.3) is 0 Å². The minimum atomic E-state index is -4.38. The number of carbonyl (C=O) groups excluding carboxylic acids is 1. The molecule has 2 rings (SSSR count). The van der Waals surface area contributed by atoms with Crippen LogP contribution in [0.2, 0.25) is 0 Å². The van der Waals surface area contributed by atoms with Crippen molar-refractivity contribution in [3.8, 4) is 0 Å². The van der Waals surface area contributed by atoms with E-state index in [0.717, 1.165) is 17.7 Å². The summed E-state index contributed by atoms with van der Waals surface area (Å²) in [6, 6.07) is 12.5. The molecule has 0 spiro atoms. The van der Waals surface area contributed by atoms with Crippen molar-refractivity contribution in [2.45, 2.75) is 17.6 Å². The number of likely N-dealkylation sites (N-methyl/N-ethyl adjacent to an activating group) is 1. The fourth-order valence-electron chi connectivity index (χ4n) is 2.29. The van der Waals surface area contributed by atoms with Gasteiger partial charge in [0.1, 0.15) is 0 Å². The quantitative estimate of drug-likeness (QED) is 0.762. The van der Waals surface area contributed by atoms with Crippen molar-refractivity contribution in [3.63, 3.8) is 0 Å². The van der Waals surface area contributed by atoms with Crippen LogP contribution in [0, 0.1) is 0 Å². The first-order valence-corrected chi connectivity index (χ1v) is 8.79. The van der Waals surface area contributed by atoms with Gasteiger partial charge in [0.15, 0.2) is 0 Å². The van der Waals surface area contributed by atoms with E-state index < -0.39 is 11.7 Å². The van der Waals surface area contributed by atoms with Gasteiger partial charge in [-0.15, -0.1) is 11.8 Å². The number of benzene rings is 2. The Kier molecular flexibility index (Phi) is 6.50. The SMILES string of the molecule is CSc1ccc(CN(C)CC(=O)Nc2ccc(C(F)(F)F)cc2)cc1. The van der Waals surface area contributed by atoms with Crippen molar-refractivity contribution in [1.82, 2.24) is 4.90 Å². The fraction of sp³-hybridized carbons (Fsp3) is 0.278. The van der Waals surface area contributed by atoms with Crippen molar-refractivity contribution in [2.24, 2.45) is 0 Å². The summed E-state index contributed by atoms with van der Waals surface area (Å²) in [5.41, 5.74) is 0.690. The molecular formula is C18H19F3N2OS. The molecule has 2 aromatic carbocycles. The van der Waals surface area contributed by atoms with Crippen LogP contribution >= 0.6 is 11.8 Å². The third-order valence-corrected chi connectivity index (χ3v) is 4.26. The molecule has 0 aliphatic carbocycles. The van der Waals surface area contributed by atoms with E-state index in [4.69, 9.17) is 0 Å². The molecule has 25 heavy (non-hydrogen) atoms. The Labute approximate surface area is 149 Å². The van der Waals surface area contributed by atoms with E-state index in [0.29, 0.717) is 12.2 Å². The molecule has 2 aromatic rings. The van der Waals surface area contributed by atoms with Gasteiger partial charge in [-0.2, -0.15) is 13.2 Å². The number of amides is 1. The van der Waals surface area contributed by atoms with Gasteiger partial charge in [-0.3, -0.25) is 9.69 Å². The van der Waals surface area contributed by atoms with E-state index in [1.54, 1.807) is 11.8 Å². The van der Waals surface area contributed by atoms with Gasteiger partial charge < -0.3 is 5.32 Å². The Hall–Kier alpha value is -1.99. The number of carbonyl (C=O) groups is 1. The Morgan fingerprint density at radius 2 is 1.68 bits per heavy atom. The van der Waals surface area contributed by atoms with E-state index in [1.165, 1.54) is 17.0 Å². The molecule has 0 atom stereocenters. The van der Waals surface area contributed by atoms with Crippen molar-refractivity contribution in [3.05, 3.63) is 59.7 Å². The predicted molar refractivity (Wildman–Crippen MR) is 94.6 cm³/mol. The Bertz CT molecular complexity index is 700. The molecule has 0 aliphatic heterocycles. The maximum Gasteiger partial charge on any atom is 0.416 e. The van der Waals surface area contributed by atoms with Gasteiger partial charge in [0.05, 0.1) is 12.1 Å². The zero-order valence-corrected chi connectivity index (χ0v) is 14.7. The Morgan fingerprint density at radius 1 is 1.08 bits per heavy atom. The first kappa shape index (κ1) is 19.3. The Morgan fingerprint density at radius 3 is 2.20 bits per heavy atom. The second-order valence-corrected chi connectivity index (χ2v) is 6.52. The number of halogens is 3. The smallest absolute Gasteiger partial charge is 0.325 e. The van der Waals surface area contributed by atoms with Crippen LogP contribution in [0.15, 0.2) is 53.4 Å². The van der Waals surface area contributed by atoms with Gasteiger partial charge in [0.25, 0.3) is 0 Å². The highest BCUT2D eigenvalue weighted by molar-refractivity contribution is 7.98. The fourth-order valence-corrected chi connectivity index (χ4v) is 2.69. The first-order valence-electron chi connectivity index (χ1n) is 7.56. The number of rotatable bonds is 6. The average Bonchev–Trinajstić information content (AvgIpc) is 2.55. The van der Waals surface area contributed by atoms with Gasteiger partial charge in [0, 0.05) is 17.1 Å². The van der Waals surface area contributed by atoms with Gasteiger partial charge in [0.2, 0.25) is 5.91 Å². The standard InChI is InChI=1S/C18H19F3N2OS/c1-23(11-13-3-9-16(25-2)10-4-13)12-17(24)22-15-7-5-14(6-8-15)18(19,20)21/h3-10H,11-12H2,1-2H3,(H,22,24). The Balaban J connectivity index is 1.86. The molecule has 0 fully saturated rings. The van der Waals surface area contributed by atoms with Crippen LogP contribution in [0.1, 0.15) is 11.1 Å². The summed E-state index contributed by atoms with van der Waals surface area (Å²) in [4.78, 5) is 15.0. The summed E-state index contributed by atoms with van der Waals surface area (Å²) in [6.07, 6.45) is -2.37. The molecule has 0 bridgehead atoms. The highest BCUT2D eigenvalue weighted by atomic mass is 32.2. The van der Waals surface area contributed by atoms with E-state index in [-0.39, 0.29) is 12.5 Å². The molecule has 0 heterocycles. The topological polar surface area (TPSA) is 32.3 Å². The lowest BCUT2D eigenvalue weighted by Crippen LogP contribution is -2.29. The zero-order valence-electron chi connectivity index (χ0n) is 13.9. The summed E-state index contributed by atoms with van der Waals surface area (Å²) in [5, 5.41) is 2.60. The number of thioether (sulfide) groups is 1. The lowest BCUT2D eigenvalue weighted by molar-refractivity contribution is -0.137. The second-order valence-electron chi connectivity index (χ2n) is 5.64. The number of anilines is 1. The monoisotopic (exact) mass is 368 g/mol. The number of hydrogen-bond acceptors (Lipinski definition) is 3. The van der Waals surface area contributed by atoms with Crippen LogP contribution < -0.4 is 5.32 Å². The summed E-state index contributed by atoms with van der Waals surface area (Å²) >= 11 is 1.66. The maximum absolute atomic E-state index is 12.5. The molecule has 0 aliphatic rings. The van der Waals surface area contributed by atoms with Crippen molar-refractivity contribution >= 4 is 23.4 Å². The highest BCUT2D eigenvalue weighted by Crippen LogP contribution is 2.29. The van der Waals surface area contributed by atoms with Crippen LogP contribution in [0.3, 0.4) is 0 Å². The largest absolute Gasteiger partial charge is 0.416 e. The zero-order chi connectivity index (χ0) is 18.4. The normalized spacial score (nSPS) is 11.6. The first-order chi connectivity index (χ1) is 11.8. The summed E-state index contributed by atoms with van der Waals surface area (Å²) in [7, 11) is 1.81. The summed E-state index contributed by atoms with van der Waals surface area (Å²) in [5.74, 6) is -0.275. The number of alkyl halides is 3. The number of hydrogen-bond donors (Lipinski definition) is 1. The second kappa shape index (κ2) is 8.40. The molecule has 7 heteroatoms. The lowest BCUT2D eigenvalue weighted by atomic mass is 10.2. The van der Waals surface area contributed by atoms with Gasteiger partial charge in [-0.1, -0.05) is 12.1 Å². The van der Waals surface area contributed by atoms with Crippen molar-refractivity contribution in [2.75, 3.05) is 25.2 Å². The molecule has 1 N–H and O–H groups in total. The van der Waals surface area contributed by atoms with E-state index in [2.05, 4.69) is 5.32 Å². The van der Waals surface area contributed by atoms with Gasteiger partial charge in [-0.05, 0) is 55.3 Å². The minimum Gasteiger partial charge on any atom is -0.325 e. The predicted octanol–water partition coefficient (Wildman–Crippen LogP) is 4.50. The van der Waals surface area contributed by atoms with E-state index >= 15 is 0 Å². The van der Waals surface area contributed by atoms with Crippen molar-refractivity contribution in [1.29, 1.82) is 0 Å². The minimum absolute atomic E-state index is 0.144. The third-order valence-electron chi connectivity index (χ3n) is 3.52. The molecule has 0 unspecified atom stereocenters. The molecule has 3 nitrogen and oxygen atoms in total. The molecular weight excluding hydrogens is 349 g/mol. The number of nitrogens with one attached hydrogen (secondary N) is 1. The van der Waals surface area contributed by atoms with Crippen LogP contribution in [-0.4, -0.2) is 30.7 Å². The van der Waals surface area contributed by atoms with E-state index in [1.807, 2.05) is 42.5 Å². The van der Waals surface area contributed by atoms with Crippen molar-refractivity contribution < 1.29 is 18.0 Å². The summed E-state index contributed by atoms with van der Waals surface area (Å²) < 4.78 is 37.5. The lowest BCUT2D eigenvalue weighted by Gasteiger charge is -2.17. The third kappa shape index (κ3) is 6.10. The molecule has 134 valence electrons. The summed E-state index contributed by atoms with van der Waals surface area (Å²) in [6.45, 7) is 0.750.